The van der Waals surface area contributed by atoms with E-state index in [9.17, 15) is 27.6 Å². The van der Waals surface area contributed by atoms with E-state index in [1.807, 2.05) is 0 Å². The average Bonchev–Trinajstić information content (AvgIpc) is 3.48. The third-order valence-corrected chi connectivity index (χ3v) is 10.7. The van der Waals surface area contributed by atoms with Crippen LogP contribution in [0.15, 0.2) is 53.8 Å². The Morgan fingerprint density at radius 2 is 1.70 bits per heavy atom. The predicted octanol–water partition coefficient (Wildman–Crippen LogP) is 6.49. The van der Waals surface area contributed by atoms with Crippen LogP contribution in [0.25, 0.3) is 16.6 Å². The zero-order valence-electron chi connectivity index (χ0n) is 26.8. The lowest BCUT2D eigenvalue weighted by Crippen LogP contribution is -2.35. The van der Waals surface area contributed by atoms with Gasteiger partial charge in [-0.25, -0.2) is 0 Å². The van der Waals surface area contributed by atoms with Crippen molar-refractivity contribution in [2.24, 2.45) is 23.7 Å². The first-order valence-electron chi connectivity index (χ1n) is 15.9. The van der Waals surface area contributed by atoms with Crippen molar-refractivity contribution in [3.63, 3.8) is 0 Å². The number of hydrogen-bond donors (Lipinski definition) is 0. The van der Waals surface area contributed by atoms with E-state index >= 15 is 0 Å². The number of fused-ring (bicyclic) bond motifs is 1. The summed E-state index contributed by atoms with van der Waals surface area (Å²) in [5.41, 5.74) is -1.37. The molecule has 2 heterocycles. The quantitative estimate of drug-likeness (QED) is 0.129. The summed E-state index contributed by atoms with van der Waals surface area (Å²) in [7, 11) is -1.55. The number of esters is 1. The highest BCUT2D eigenvalue weighted by Crippen LogP contribution is 2.44. The van der Waals surface area contributed by atoms with Gasteiger partial charge in [0.15, 0.2) is 5.78 Å². The van der Waals surface area contributed by atoms with Gasteiger partial charge in [-0.15, -0.1) is 5.10 Å². The van der Waals surface area contributed by atoms with Crippen LogP contribution >= 0.6 is 0 Å². The van der Waals surface area contributed by atoms with Crippen molar-refractivity contribution < 1.29 is 37.0 Å². The number of alkyl halides is 3. The summed E-state index contributed by atoms with van der Waals surface area (Å²) in [4.78, 5) is 41.0. The number of hydrogen-bond acceptors (Lipinski definition) is 8. The van der Waals surface area contributed by atoms with Crippen LogP contribution in [0, 0.1) is 23.7 Å². The summed E-state index contributed by atoms with van der Waals surface area (Å²) >= 11 is 0. The maximum atomic E-state index is 13.9. The highest BCUT2D eigenvalue weighted by molar-refractivity contribution is 6.76. The lowest BCUT2D eigenvalue weighted by Gasteiger charge is -2.25. The zero-order chi connectivity index (χ0) is 33.9. The number of carbonyl (C=O) groups excluding carboxylic acids is 2. The van der Waals surface area contributed by atoms with E-state index in [0.717, 1.165) is 55.0 Å². The fourth-order valence-corrected chi connectivity index (χ4v) is 6.88. The fourth-order valence-electron chi connectivity index (χ4n) is 6.17. The third-order valence-electron chi connectivity index (χ3n) is 9.02. The number of nitrogens with zero attached hydrogens (tertiary/aromatic N) is 3. The summed E-state index contributed by atoms with van der Waals surface area (Å²) in [6.45, 7) is 12.7. The van der Waals surface area contributed by atoms with Gasteiger partial charge in [-0.3, -0.25) is 14.4 Å². The highest BCUT2D eigenvalue weighted by Gasteiger charge is 2.47. The van der Waals surface area contributed by atoms with Gasteiger partial charge in [0.1, 0.15) is 11.3 Å². The Balaban J connectivity index is 1.39. The number of carbonyl (C=O) groups is 2. The molecule has 1 saturated heterocycles. The molecule has 47 heavy (non-hydrogen) atoms. The Bertz CT molecular complexity index is 1680. The van der Waals surface area contributed by atoms with Crippen LogP contribution in [0.1, 0.15) is 41.6 Å². The van der Waals surface area contributed by atoms with E-state index in [1.165, 1.54) is 0 Å². The van der Waals surface area contributed by atoms with E-state index in [2.05, 4.69) is 36.5 Å². The van der Waals surface area contributed by atoms with E-state index in [-0.39, 0.29) is 29.0 Å². The largest absolute Gasteiger partial charge is 0.493 e. The molecule has 1 aliphatic carbocycles. The molecular formula is C34H40F3N3O6Si. The summed E-state index contributed by atoms with van der Waals surface area (Å²) in [5.74, 6) is -2.28. The summed E-state index contributed by atoms with van der Waals surface area (Å²) in [6.07, 6.45) is -2.17. The Morgan fingerprint density at radius 1 is 1.02 bits per heavy atom. The number of aromatic nitrogens is 3. The van der Waals surface area contributed by atoms with Crippen LogP contribution in [-0.4, -0.2) is 61.2 Å². The molecule has 1 saturated carbocycles. The van der Waals surface area contributed by atoms with Crippen LogP contribution in [0.2, 0.25) is 25.7 Å². The summed E-state index contributed by atoms with van der Waals surface area (Å²) < 4.78 is 58.1. The standard InChI is InChI=1S/C34H40F3N3O6Si/c1-21(40-32(42)28-19-24(34(35,36)37)7-12-29(28)38-39-40)26-10-11-27(30(26)33(43)45-17-18-47(2,3)4)31(41)23-5-8-25(9-6-23)46-20-22-13-15-44-16-14-22/h5-9,12,19,22,26-27,30H,1,10-11,13-18,20H2,2-4H3. The first kappa shape index (κ1) is 34.5. The molecule has 0 amide bonds. The van der Waals surface area contributed by atoms with Crippen molar-refractivity contribution >= 4 is 36.4 Å². The van der Waals surface area contributed by atoms with E-state index in [1.54, 1.807) is 24.3 Å². The number of Topliss-reactive ketones (excluding diaryl/α,β-unsaturated/α-hetero) is 1. The van der Waals surface area contributed by atoms with Crippen LogP contribution in [0.5, 0.6) is 5.75 Å². The number of ether oxygens (including phenoxy) is 3. The van der Waals surface area contributed by atoms with E-state index < -0.39 is 49.1 Å². The molecule has 3 aromatic rings. The number of benzene rings is 2. The summed E-state index contributed by atoms with van der Waals surface area (Å²) in [6, 6.07) is 10.2. The molecule has 9 nitrogen and oxygen atoms in total. The molecule has 5 rings (SSSR count). The fraction of sp³-hybridized carbons (Fsp3) is 0.500. The monoisotopic (exact) mass is 671 g/mol. The molecule has 1 aliphatic heterocycles. The SMILES string of the molecule is C=C(C1CCC(C(=O)c2ccc(OCC3CCOCC3)cc2)C1C(=O)OCC[Si](C)(C)C)n1nnc2ccc(C(F)(F)F)cc2c1=O. The van der Waals surface area contributed by atoms with Crippen molar-refractivity contribution in [1.29, 1.82) is 0 Å². The van der Waals surface area contributed by atoms with Gasteiger partial charge in [-0.1, -0.05) is 31.4 Å². The van der Waals surface area contributed by atoms with Gasteiger partial charge in [0.05, 0.1) is 30.1 Å². The van der Waals surface area contributed by atoms with Crippen molar-refractivity contribution in [1.82, 2.24) is 15.0 Å². The van der Waals surface area contributed by atoms with E-state index in [0.29, 0.717) is 36.7 Å². The first-order valence-corrected chi connectivity index (χ1v) is 19.6. The third kappa shape index (κ3) is 8.18. The van der Waals surface area contributed by atoms with Crippen LogP contribution in [-0.2, 0) is 20.4 Å². The minimum Gasteiger partial charge on any atom is -0.493 e. The average molecular weight is 672 g/mol. The summed E-state index contributed by atoms with van der Waals surface area (Å²) in [5, 5.41) is 7.61. The minimum absolute atomic E-state index is 0.00554. The van der Waals surface area contributed by atoms with E-state index in [4.69, 9.17) is 14.2 Å². The van der Waals surface area contributed by atoms with Gasteiger partial charge in [0.2, 0.25) is 0 Å². The molecule has 2 aliphatic rings. The van der Waals surface area contributed by atoms with Gasteiger partial charge in [-0.2, -0.15) is 17.9 Å². The maximum absolute atomic E-state index is 13.9. The predicted molar refractivity (Wildman–Crippen MR) is 173 cm³/mol. The molecule has 2 aromatic carbocycles. The second kappa shape index (κ2) is 14.1. The molecule has 13 heteroatoms. The molecule has 0 N–H and O–H groups in total. The normalized spacial score (nSPS) is 20.7. The van der Waals surface area contributed by atoms with Crippen molar-refractivity contribution in [2.45, 2.75) is 57.5 Å². The van der Waals surface area contributed by atoms with Gasteiger partial charge >= 0.3 is 12.1 Å². The first-order chi connectivity index (χ1) is 22.2. The second-order valence-electron chi connectivity index (χ2n) is 13.6. The molecule has 252 valence electrons. The van der Waals surface area contributed by atoms with Gasteiger partial charge in [-0.05, 0) is 80.1 Å². The molecule has 0 spiro atoms. The van der Waals surface area contributed by atoms with Gasteiger partial charge < -0.3 is 14.2 Å². The van der Waals surface area contributed by atoms with Gasteiger partial charge in [0, 0.05) is 44.4 Å². The number of rotatable bonds is 11. The Kier molecular flexibility index (Phi) is 10.3. The molecule has 3 atom stereocenters. The molecule has 0 bridgehead atoms. The minimum atomic E-state index is -4.66. The number of halogens is 3. The Morgan fingerprint density at radius 3 is 2.36 bits per heavy atom. The van der Waals surface area contributed by atoms with Crippen LogP contribution in [0.4, 0.5) is 13.2 Å². The topological polar surface area (TPSA) is 110 Å². The lowest BCUT2D eigenvalue weighted by molar-refractivity contribution is -0.149. The Hall–Kier alpha value is -3.84. The number of ketones is 1. The highest BCUT2D eigenvalue weighted by atomic mass is 28.3. The van der Waals surface area contributed by atoms with Crippen molar-refractivity contribution in [3.8, 4) is 5.75 Å². The zero-order valence-corrected chi connectivity index (χ0v) is 27.8. The molecule has 0 radical (unpaired) electrons. The number of allylic oxidation sites excluding steroid dienone is 1. The molecule has 1 aromatic heterocycles. The smallest absolute Gasteiger partial charge is 0.416 e. The molecule has 3 unspecified atom stereocenters. The molecule has 2 fully saturated rings. The van der Waals surface area contributed by atoms with Crippen molar-refractivity contribution in [2.75, 3.05) is 26.4 Å². The Labute approximate surface area is 272 Å². The molecular weight excluding hydrogens is 631 g/mol. The van der Waals surface area contributed by atoms with Crippen LogP contribution in [0.3, 0.4) is 0 Å². The van der Waals surface area contributed by atoms with Crippen molar-refractivity contribution in [3.05, 3.63) is 70.5 Å². The second-order valence-corrected chi connectivity index (χ2v) is 19.2. The van der Waals surface area contributed by atoms with Crippen LogP contribution < -0.4 is 10.3 Å². The maximum Gasteiger partial charge on any atom is 0.416 e. The van der Waals surface area contributed by atoms with Gasteiger partial charge in [0.25, 0.3) is 5.56 Å². The lowest BCUT2D eigenvalue weighted by atomic mass is 9.83.